The number of carbonyl (C=O) groups is 1. The molecule has 8 nitrogen and oxygen atoms in total. The molecule has 0 aliphatic carbocycles. The zero-order chi connectivity index (χ0) is 18.5. The van der Waals surface area contributed by atoms with Gasteiger partial charge in [0.2, 0.25) is 5.75 Å². The van der Waals surface area contributed by atoms with Gasteiger partial charge in [-0.05, 0) is 12.5 Å². The Bertz CT molecular complexity index is 788. The molecule has 0 spiro atoms. The molecule has 2 aromatic rings. The summed E-state index contributed by atoms with van der Waals surface area (Å²) in [6.07, 6.45) is 1.46. The summed E-state index contributed by atoms with van der Waals surface area (Å²) in [4.78, 5) is 12.4. The maximum absolute atomic E-state index is 12.4. The SMILES string of the molecule is COc1ccc(CCNC(=O)c2n[nH]c3c2CNCC3)c(OC)c1OC. The zero-order valence-electron chi connectivity index (χ0n) is 15.3. The minimum Gasteiger partial charge on any atom is -0.493 e. The van der Waals surface area contributed by atoms with E-state index in [2.05, 4.69) is 20.8 Å². The number of amides is 1. The molecule has 2 heterocycles. The molecule has 0 unspecified atom stereocenters. The Hall–Kier alpha value is -2.74. The van der Waals surface area contributed by atoms with Gasteiger partial charge in [0.25, 0.3) is 5.91 Å². The lowest BCUT2D eigenvalue weighted by atomic mass is 10.1. The number of ether oxygens (including phenoxy) is 3. The van der Waals surface area contributed by atoms with Crippen LogP contribution in [0.4, 0.5) is 0 Å². The molecule has 1 aromatic carbocycles. The van der Waals surface area contributed by atoms with Crippen molar-refractivity contribution in [2.24, 2.45) is 0 Å². The largest absolute Gasteiger partial charge is 0.493 e. The van der Waals surface area contributed by atoms with E-state index in [-0.39, 0.29) is 5.91 Å². The van der Waals surface area contributed by atoms with E-state index in [4.69, 9.17) is 14.2 Å². The van der Waals surface area contributed by atoms with Crippen LogP contribution in [0.3, 0.4) is 0 Å². The Morgan fingerprint density at radius 2 is 2.00 bits per heavy atom. The van der Waals surface area contributed by atoms with Gasteiger partial charge in [-0.3, -0.25) is 9.89 Å². The van der Waals surface area contributed by atoms with E-state index in [1.807, 2.05) is 12.1 Å². The fourth-order valence-electron chi connectivity index (χ4n) is 3.17. The molecule has 1 aromatic heterocycles. The Morgan fingerprint density at radius 1 is 1.19 bits per heavy atom. The molecular formula is C18H24N4O4. The quantitative estimate of drug-likeness (QED) is 0.683. The van der Waals surface area contributed by atoms with Crippen LogP contribution in [0, 0.1) is 0 Å². The first kappa shape index (κ1) is 18.1. The van der Waals surface area contributed by atoms with Gasteiger partial charge >= 0.3 is 0 Å². The zero-order valence-corrected chi connectivity index (χ0v) is 15.3. The van der Waals surface area contributed by atoms with Gasteiger partial charge in [0.05, 0.1) is 21.3 Å². The summed E-state index contributed by atoms with van der Waals surface area (Å²) in [5.41, 5.74) is 3.38. The first-order chi connectivity index (χ1) is 12.7. The molecule has 1 amide bonds. The van der Waals surface area contributed by atoms with Crippen molar-refractivity contribution in [3.8, 4) is 17.2 Å². The number of hydrogen-bond donors (Lipinski definition) is 3. The second-order valence-electron chi connectivity index (χ2n) is 5.96. The number of methoxy groups -OCH3 is 3. The Balaban J connectivity index is 1.66. The van der Waals surface area contributed by atoms with Crippen molar-refractivity contribution in [1.82, 2.24) is 20.8 Å². The van der Waals surface area contributed by atoms with E-state index < -0.39 is 0 Å². The van der Waals surface area contributed by atoms with Crippen molar-refractivity contribution in [2.75, 3.05) is 34.4 Å². The molecule has 3 rings (SSSR count). The van der Waals surface area contributed by atoms with Crippen LogP contribution in [-0.4, -0.2) is 50.5 Å². The highest BCUT2D eigenvalue weighted by molar-refractivity contribution is 5.94. The lowest BCUT2D eigenvalue weighted by Crippen LogP contribution is -2.29. The Kier molecular flexibility index (Phi) is 5.62. The number of nitrogens with zero attached hydrogens (tertiary/aromatic N) is 1. The van der Waals surface area contributed by atoms with Gasteiger partial charge in [0, 0.05) is 42.9 Å². The highest BCUT2D eigenvalue weighted by Crippen LogP contribution is 2.39. The van der Waals surface area contributed by atoms with Gasteiger partial charge in [-0.15, -0.1) is 0 Å². The average Bonchev–Trinajstić information content (AvgIpc) is 3.11. The predicted molar refractivity (Wildman–Crippen MR) is 96.1 cm³/mol. The third-order valence-electron chi connectivity index (χ3n) is 4.49. The molecule has 0 radical (unpaired) electrons. The van der Waals surface area contributed by atoms with Crippen molar-refractivity contribution in [3.63, 3.8) is 0 Å². The van der Waals surface area contributed by atoms with E-state index in [1.54, 1.807) is 21.3 Å². The summed E-state index contributed by atoms with van der Waals surface area (Å²) in [7, 11) is 4.74. The summed E-state index contributed by atoms with van der Waals surface area (Å²) in [5.74, 6) is 1.59. The van der Waals surface area contributed by atoms with Crippen LogP contribution in [0.15, 0.2) is 12.1 Å². The number of rotatable bonds is 7. The third kappa shape index (κ3) is 3.45. The van der Waals surface area contributed by atoms with Crippen molar-refractivity contribution >= 4 is 5.91 Å². The van der Waals surface area contributed by atoms with Crippen LogP contribution in [-0.2, 0) is 19.4 Å². The lowest BCUT2D eigenvalue weighted by Gasteiger charge is -2.16. The third-order valence-corrected chi connectivity index (χ3v) is 4.49. The summed E-state index contributed by atoms with van der Waals surface area (Å²) >= 11 is 0. The fourth-order valence-corrected chi connectivity index (χ4v) is 3.17. The topological polar surface area (TPSA) is 97.5 Å². The minimum absolute atomic E-state index is 0.175. The molecule has 0 saturated heterocycles. The monoisotopic (exact) mass is 360 g/mol. The number of carbonyl (C=O) groups excluding carboxylic acids is 1. The number of fused-ring (bicyclic) bond motifs is 1. The van der Waals surface area contributed by atoms with E-state index in [9.17, 15) is 4.79 Å². The second-order valence-corrected chi connectivity index (χ2v) is 5.96. The van der Waals surface area contributed by atoms with Gasteiger partial charge in [0.1, 0.15) is 0 Å². The van der Waals surface area contributed by atoms with Gasteiger partial charge in [-0.2, -0.15) is 5.10 Å². The fraction of sp³-hybridized carbons (Fsp3) is 0.444. The van der Waals surface area contributed by atoms with Crippen molar-refractivity contribution < 1.29 is 19.0 Å². The van der Waals surface area contributed by atoms with Gasteiger partial charge < -0.3 is 24.8 Å². The second kappa shape index (κ2) is 8.09. The number of benzene rings is 1. The van der Waals surface area contributed by atoms with Crippen molar-refractivity contribution in [3.05, 3.63) is 34.6 Å². The molecule has 140 valence electrons. The first-order valence-electron chi connectivity index (χ1n) is 8.52. The molecule has 0 atom stereocenters. The van der Waals surface area contributed by atoms with Crippen LogP contribution >= 0.6 is 0 Å². The number of aromatic nitrogens is 2. The van der Waals surface area contributed by atoms with Crippen molar-refractivity contribution in [2.45, 2.75) is 19.4 Å². The predicted octanol–water partition coefficient (Wildman–Crippen LogP) is 1.05. The standard InChI is InChI=1S/C18H24N4O4/c1-24-14-5-4-11(16(25-2)17(14)26-3)6-9-20-18(23)15-12-10-19-8-7-13(12)21-22-15/h4-5,19H,6-10H2,1-3H3,(H,20,23)(H,21,22). The Labute approximate surface area is 152 Å². The molecule has 0 fully saturated rings. The van der Waals surface area contributed by atoms with Crippen LogP contribution in [0.2, 0.25) is 0 Å². The molecule has 0 bridgehead atoms. The molecule has 26 heavy (non-hydrogen) atoms. The number of hydrogen-bond acceptors (Lipinski definition) is 6. The van der Waals surface area contributed by atoms with Crippen LogP contribution in [0.25, 0.3) is 0 Å². The number of aromatic amines is 1. The van der Waals surface area contributed by atoms with Crippen LogP contribution < -0.4 is 24.8 Å². The van der Waals surface area contributed by atoms with Gasteiger partial charge in [-0.25, -0.2) is 0 Å². The lowest BCUT2D eigenvalue weighted by molar-refractivity contribution is 0.0948. The van der Waals surface area contributed by atoms with E-state index in [0.29, 0.717) is 42.5 Å². The molecule has 8 heteroatoms. The highest BCUT2D eigenvalue weighted by Gasteiger charge is 2.21. The normalized spacial score (nSPS) is 13.0. The first-order valence-corrected chi connectivity index (χ1v) is 8.52. The molecule has 3 N–H and O–H groups in total. The van der Waals surface area contributed by atoms with Crippen LogP contribution in [0.1, 0.15) is 27.3 Å². The maximum Gasteiger partial charge on any atom is 0.272 e. The van der Waals surface area contributed by atoms with E-state index >= 15 is 0 Å². The van der Waals surface area contributed by atoms with Gasteiger partial charge in [-0.1, -0.05) is 6.07 Å². The molecule has 1 aliphatic rings. The molecule has 1 aliphatic heterocycles. The van der Waals surface area contributed by atoms with Gasteiger partial charge in [0.15, 0.2) is 17.2 Å². The van der Waals surface area contributed by atoms with E-state index in [1.165, 1.54) is 0 Å². The van der Waals surface area contributed by atoms with E-state index in [0.717, 1.165) is 29.8 Å². The number of nitrogens with one attached hydrogen (secondary N) is 3. The summed E-state index contributed by atoms with van der Waals surface area (Å²) in [6, 6.07) is 3.74. The molecular weight excluding hydrogens is 336 g/mol. The van der Waals surface area contributed by atoms with Crippen molar-refractivity contribution in [1.29, 1.82) is 0 Å². The summed E-state index contributed by atoms with van der Waals surface area (Å²) in [5, 5.41) is 13.3. The summed E-state index contributed by atoms with van der Waals surface area (Å²) < 4.78 is 16.1. The number of H-pyrrole nitrogens is 1. The minimum atomic E-state index is -0.175. The highest BCUT2D eigenvalue weighted by atomic mass is 16.5. The Morgan fingerprint density at radius 3 is 2.73 bits per heavy atom. The summed E-state index contributed by atoms with van der Waals surface area (Å²) in [6.45, 7) is 2.02. The average molecular weight is 360 g/mol. The van der Waals surface area contributed by atoms with Crippen LogP contribution in [0.5, 0.6) is 17.2 Å². The smallest absolute Gasteiger partial charge is 0.272 e. The molecule has 0 saturated carbocycles. The maximum atomic E-state index is 12.4.